The van der Waals surface area contributed by atoms with Gasteiger partial charge in [0.05, 0.1) is 5.75 Å². The summed E-state index contributed by atoms with van der Waals surface area (Å²) in [5.74, 6) is 0.447. The first kappa shape index (κ1) is 8.26. The molecule has 0 spiro atoms. The van der Waals surface area contributed by atoms with Crippen LogP contribution in [-0.4, -0.2) is 29.7 Å². The lowest BCUT2D eigenvalue weighted by Crippen LogP contribution is -2.38. The third-order valence-electron chi connectivity index (χ3n) is 1.14. The summed E-state index contributed by atoms with van der Waals surface area (Å²) in [5.41, 5.74) is 0. The van der Waals surface area contributed by atoms with E-state index in [1.54, 1.807) is 0 Å². The lowest BCUT2D eigenvalue weighted by atomic mass is 10.3. The van der Waals surface area contributed by atoms with Gasteiger partial charge in [-0.05, 0) is 6.26 Å². The molecule has 1 heterocycles. The maximum absolute atomic E-state index is 10.7. The predicted octanol–water partition coefficient (Wildman–Crippen LogP) is -0.206. The molecule has 0 bridgehead atoms. The first-order chi connectivity index (χ1) is 5.22. The number of nitrogens with zero attached hydrogens (tertiary/aromatic N) is 1. The molecule has 4 nitrogen and oxygen atoms in total. The van der Waals surface area contributed by atoms with Gasteiger partial charge in [-0.25, -0.2) is 0 Å². The molecule has 1 aliphatic heterocycles. The summed E-state index contributed by atoms with van der Waals surface area (Å²) in [6.45, 7) is 0. The molecule has 0 aromatic heterocycles. The van der Waals surface area contributed by atoms with Gasteiger partial charge in [0.25, 0.3) is 5.91 Å². The lowest BCUT2D eigenvalue weighted by Gasteiger charge is -2.10. The van der Waals surface area contributed by atoms with Crippen LogP contribution in [0.2, 0.25) is 0 Å². The van der Waals surface area contributed by atoms with Crippen molar-refractivity contribution >= 4 is 29.4 Å². The average Bonchev–Trinajstić information content (AvgIpc) is 1.85. The highest BCUT2D eigenvalue weighted by Crippen LogP contribution is 1.98. The van der Waals surface area contributed by atoms with Gasteiger partial charge < -0.3 is 5.32 Å². The Hall–Kier alpha value is -0.840. The summed E-state index contributed by atoms with van der Waals surface area (Å²) in [7, 11) is 0. The second-order valence-corrected chi connectivity index (χ2v) is 2.98. The van der Waals surface area contributed by atoms with E-state index in [9.17, 15) is 9.59 Å². The smallest absolute Gasteiger partial charge is 0.256 e. The molecule has 0 saturated heterocycles. The number of aliphatic imine (C=N–C) groups is 1. The Bertz CT molecular complexity index is 225. The molecule has 0 saturated carbocycles. The first-order valence-corrected chi connectivity index (χ1v) is 4.51. The fraction of sp³-hybridized carbons (Fsp3) is 0.500. The number of carbonyl (C=O) groups is 2. The van der Waals surface area contributed by atoms with E-state index >= 15 is 0 Å². The fourth-order valence-electron chi connectivity index (χ4n) is 0.766. The minimum Gasteiger partial charge on any atom is -0.313 e. The Morgan fingerprint density at radius 2 is 2.36 bits per heavy atom. The largest absolute Gasteiger partial charge is 0.313 e. The molecule has 2 amide bonds. The number of thioether (sulfide) groups is 1. The molecule has 0 aliphatic carbocycles. The molecule has 60 valence electrons. The second-order valence-electron chi connectivity index (χ2n) is 2.11. The Balaban J connectivity index is 2.64. The van der Waals surface area contributed by atoms with Crippen molar-refractivity contribution in [2.45, 2.75) is 6.42 Å². The molecular formula is C6H8N2O2S. The minimum atomic E-state index is -0.349. The van der Waals surface area contributed by atoms with Crippen LogP contribution in [0, 0.1) is 0 Å². The van der Waals surface area contributed by atoms with Crippen LogP contribution < -0.4 is 5.32 Å². The summed E-state index contributed by atoms with van der Waals surface area (Å²) in [6, 6.07) is 0. The molecule has 1 N–H and O–H groups in total. The van der Waals surface area contributed by atoms with E-state index < -0.39 is 0 Å². The molecule has 11 heavy (non-hydrogen) atoms. The molecule has 0 aromatic carbocycles. The van der Waals surface area contributed by atoms with Gasteiger partial charge in [-0.15, -0.1) is 0 Å². The third-order valence-corrected chi connectivity index (χ3v) is 1.70. The van der Waals surface area contributed by atoms with Crippen LogP contribution in [0.3, 0.4) is 0 Å². The summed E-state index contributed by atoms with van der Waals surface area (Å²) in [4.78, 5) is 25.1. The van der Waals surface area contributed by atoms with Crippen molar-refractivity contribution < 1.29 is 9.59 Å². The molecular weight excluding hydrogens is 164 g/mol. The zero-order valence-electron chi connectivity index (χ0n) is 6.09. The highest BCUT2D eigenvalue weighted by atomic mass is 32.2. The van der Waals surface area contributed by atoms with E-state index in [-0.39, 0.29) is 18.2 Å². The van der Waals surface area contributed by atoms with E-state index in [0.717, 1.165) is 0 Å². The summed E-state index contributed by atoms with van der Waals surface area (Å²) in [5, 5.41) is 2.52. The molecule has 0 fully saturated rings. The van der Waals surface area contributed by atoms with Crippen molar-refractivity contribution in [2.75, 3.05) is 12.0 Å². The number of nitrogens with one attached hydrogen (secondary N) is 1. The SMILES string of the molecule is CSCC1=NC(=O)CC(=O)N1. The van der Waals surface area contributed by atoms with Gasteiger partial charge in [-0.3, -0.25) is 9.59 Å². The number of rotatable bonds is 2. The second kappa shape index (κ2) is 3.52. The quantitative estimate of drug-likeness (QED) is 0.586. The van der Waals surface area contributed by atoms with Gasteiger partial charge in [0, 0.05) is 0 Å². The Labute approximate surface area is 68.4 Å². The predicted molar refractivity (Wildman–Crippen MR) is 43.6 cm³/mol. The monoisotopic (exact) mass is 172 g/mol. The van der Waals surface area contributed by atoms with Crippen molar-refractivity contribution in [3.8, 4) is 0 Å². The van der Waals surface area contributed by atoms with Crippen molar-refractivity contribution in [3.05, 3.63) is 0 Å². The lowest BCUT2D eigenvalue weighted by molar-refractivity contribution is -0.127. The van der Waals surface area contributed by atoms with Gasteiger partial charge in [-0.1, -0.05) is 0 Å². The molecule has 0 unspecified atom stereocenters. The van der Waals surface area contributed by atoms with Gasteiger partial charge in [0.2, 0.25) is 5.91 Å². The van der Waals surface area contributed by atoms with Crippen LogP contribution in [0.25, 0.3) is 0 Å². The van der Waals surface area contributed by atoms with Gasteiger partial charge in [0.1, 0.15) is 12.3 Å². The Morgan fingerprint density at radius 1 is 1.64 bits per heavy atom. The summed E-state index contributed by atoms with van der Waals surface area (Å²) in [6.07, 6.45) is 1.77. The van der Waals surface area contributed by atoms with E-state index in [0.29, 0.717) is 11.6 Å². The highest BCUT2D eigenvalue weighted by Gasteiger charge is 2.16. The van der Waals surface area contributed by atoms with E-state index in [4.69, 9.17) is 0 Å². The van der Waals surface area contributed by atoms with Crippen LogP contribution in [0.15, 0.2) is 4.99 Å². The highest BCUT2D eigenvalue weighted by molar-refractivity contribution is 7.99. The normalized spacial score (nSPS) is 17.7. The van der Waals surface area contributed by atoms with Crippen molar-refractivity contribution in [3.63, 3.8) is 0 Å². The number of carbonyl (C=O) groups excluding carboxylic acids is 2. The number of amides is 2. The van der Waals surface area contributed by atoms with Crippen LogP contribution in [0.1, 0.15) is 6.42 Å². The zero-order chi connectivity index (χ0) is 8.27. The number of amidine groups is 1. The van der Waals surface area contributed by atoms with E-state index in [1.807, 2.05) is 6.26 Å². The van der Waals surface area contributed by atoms with E-state index in [1.165, 1.54) is 11.8 Å². The summed E-state index contributed by atoms with van der Waals surface area (Å²) >= 11 is 1.51. The Kier molecular flexibility index (Phi) is 2.64. The van der Waals surface area contributed by atoms with Crippen LogP contribution in [-0.2, 0) is 9.59 Å². The third kappa shape index (κ3) is 2.34. The number of hydrogen-bond acceptors (Lipinski definition) is 3. The topological polar surface area (TPSA) is 58.5 Å². The zero-order valence-corrected chi connectivity index (χ0v) is 6.90. The Morgan fingerprint density at radius 3 is 2.91 bits per heavy atom. The van der Waals surface area contributed by atoms with Gasteiger partial charge >= 0.3 is 0 Å². The first-order valence-electron chi connectivity index (χ1n) is 3.11. The maximum Gasteiger partial charge on any atom is 0.256 e. The molecule has 1 rings (SSSR count). The van der Waals surface area contributed by atoms with Crippen molar-refractivity contribution in [1.82, 2.24) is 5.32 Å². The van der Waals surface area contributed by atoms with E-state index in [2.05, 4.69) is 10.3 Å². The molecule has 1 aliphatic rings. The van der Waals surface area contributed by atoms with Crippen molar-refractivity contribution in [2.24, 2.45) is 4.99 Å². The minimum absolute atomic E-state index is 0.113. The number of hydrogen-bond donors (Lipinski definition) is 1. The average molecular weight is 172 g/mol. The fourth-order valence-corrected chi connectivity index (χ4v) is 1.18. The van der Waals surface area contributed by atoms with Crippen LogP contribution >= 0.6 is 11.8 Å². The maximum atomic E-state index is 10.7. The van der Waals surface area contributed by atoms with Gasteiger partial charge in [-0.2, -0.15) is 16.8 Å². The molecule has 0 atom stereocenters. The van der Waals surface area contributed by atoms with Crippen molar-refractivity contribution in [1.29, 1.82) is 0 Å². The molecule has 0 radical (unpaired) electrons. The molecule has 5 heteroatoms. The standard InChI is InChI=1S/C6H8N2O2S/c1-11-3-4-7-5(9)2-6(10)8-4/h2-3H2,1H3,(H,7,8,9,10). The van der Waals surface area contributed by atoms with Crippen LogP contribution in [0.5, 0.6) is 0 Å². The van der Waals surface area contributed by atoms with Gasteiger partial charge in [0.15, 0.2) is 0 Å². The summed E-state index contributed by atoms with van der Waals surface area (Å²) < 4.78 is 0. The van der Waals surface area contributed by atoms with Crippen LogP contribution in [0.4, 0.5) is 0 Å². The molecule has 0 aromatic rings.